The first-order chi connectivity index (χ1) is 9.84. The maximum atomic E-state index is 12.2. The zero-order chi connectivity index (χ0) is 13.8. The average molecular weight is 303 g/mol. The molecule has 21 heavy (non-hydrogen) atoms. The van der Waals surface area contributed by atoms with Gasteiger partial charge in [-0.15, -0.1) is 12.4 Å². The van der Waals surface area contributed by atoms with Gasteiger partial charge in [0.25, 0.3) is 0 Å². The average Bonchev–Trinajstić information content (AvgIpc) is 2.92. The summed E-state index contributed by atoms with van der Waals surface area (Å²) < 4.78 is 0. The third kappa shape index (κ3) is 3.63. The molecule has 1 unspecified atom stereocenters. The van der Waals surface area contributed by atoms with Crippen molar-refractivity contribution in [2.75, 3.05) is 6.54 Å². The Morgan fingerprint density at radius 2 is 1.81 bits per heavy atom. The van der Waals surface area contributed by atoms with Crippen LogP contribution in [0.15, 0.2) is 54.6 Å². The molecule has 1 atom stereocenters. The van der Waals surface area contributed by atoms with Crippen LogP contribution in [0.1, 0.15) is 22.7 Å². The van der Waals surface area contributed by atoms with E-state index in [1.807, 2.05) is 36.4 Å². The summed E-state index contributed by atoms with van der Waals surface area (Å²) in [5.74, 6) is 0.0610. The summed E-state index contributed by atoms with van der Waals surface area (Å²) in [7, 11) is 0. The third-order valence-corrected chi connectivity index (χ3v) is 3.68. The predicted molar refractivity (Wildman–Crippen MR) is 86.4 cm³/mol. The van der Waals surface area contributed by atoms with E-state index in [1.54, 1.807) is 0 Å². The van der Waals surface area contributed by atoms with Crippen LogP contribution in [0.5, 0.6) is 0 Å². The van der Waals surface area contributed by atoms with Gasteiger partial charge in [0.1, 0.15) is 6.04 Å². The Hall–Kier alpha value is -1.84. The highest BCUT2D eigenvalue weighted by atomic mass is 35.5. The van der Waals surface area contributed by atoms with Gasteiger partial charge in [0.15, 0.2) is 0 Å². The topological polar surface area (TPSA) is 41.1 Å². The van der Waals surface area contributed by atoms with Crippen LogP contribution >= 0.6 is 12.4 Å². The van der Waals surface area contributed by atoms with Crippen LogP contribution in [0.25, 0.3) is 0 Å². The Bertz CT molecular complexity index is 601. The summed E-state index contributed by atoms with van der Waals surface area (Å²) in [6, 6.07) is 18.1. The number of hydrogen-bond donors (Lipinski definition) is 2. The molecule has 0 saturated heterocycles. The van der Waals surface area contributed by atoms with E-state index in [-0.39, 0.29) is 24.4 Å². The van der Waals surface area contributed by atoms with Crippen LogP contribution in [0.2, 0.25) is 0 Å². The Morgan fingerprint density at radius 1 is 1.10 bits per heavy atom. The van der Waals surface area contributed by atoms with E-state index < -0.39 is 0 Å². The number of nitrogens with one attached hydrogen (secondary N) is 2. The van der Waals surface area contributed by atoms with E-state index in [4.69, 9.17) is 0 Å². The van der Waals surface area contributed by atoms with Crippen molar-refractivity contribution in [3.8, 4) is 0 Å². The largest absolute Gasteiger partial charge is 0.354 e. The molecule has 3 rings (SSSR count). The second-order valence-electron chi connectivity index (χ2n) is 5.04. The van der Waals surface area contributed by atoms with Crippen LogP contribution < -0.4 is 10.6 Å². The normalized spacial score (nSPS) is 15.9. The smallest absolute Gasteiger partial charge is 0.241 e. The molecule has 0 aromatic heterocycles. The Labute approximate surface area is 131 Å². The molecular weight excluding hydrogens is 284 g/mol. The van der Waals surface area contributed by atoms with Crippen molar-refractivity contribution in [3.05, 3.63) is 71.3 Å². The van der Waals surface area contributed by atoms with Crippen LogP contribution in [0, 0.1) is 0 Å². The molecule has 2 aromatic rings. The molecule has 2 aromatic carbocycles. The monoisotopic (exact) mass is 302 g/mol. The molecule has 3 nitrogen and oxygen atoms in total. The predicted octanol–water partition coefficient (Wildman–Crippen LogP) is 2.61. The minimum absolute atomic E-state index is 0. The Balaban J connectivity index is 0.00000161. The first-order valence-electron chi connectivity index (χ1n) is 6.97. The molecule has 1 heterocycles. The van der Waals surface area contributed by atoms with Crippen molar-refractivity contribution in [1.82, 2.24) is 10.6 Å². The zero-order valence-electron chi connectivity index (χ0n) is 11.7. The van der Waals surface area contributed by atoms with Gasteiger partial charge in [-0.1, -0.05) is 54.6 Å². The molecule has 110 valence electrons. The molecule has 0 bridgehead atoms. The van der Waals surface area contributed by atoms with Crippen molar-refractivity contribution in [3.63, 3.8) is 0 Å². The van der Waals surface area contributed by atoms with Gasteiger partial charge in [-0.2, -0.15) is 0 Å². The zero-order valence-corrected chi connectivity index (χ0v) is 12.5. The Morgan fingerprint density at radius 3 is 2.62 bits per heavy atom. The molecular formula is C17H19ClN2O. The van der Waals surface area contributed by atoms with E-state index in [0.29, 0.717) is 6.54 Å². The molecule has 2 N–H and O–H groups in total. The molecule has 0 spiro atoms. The van der Waals surface area contributed by atoms with Gasteiger partial charge in [-0.05, 0) is 23.1 Å². The lowest BCUT2D eigenvalue weighted by Crippen LogP contribution is -2.35. The van der Waals surface area contributed by atoms with Gasteiger partial charge in [-0.3, -0.25) is 10.1 Å². The lowest BCUT2D eigenvalue weighted by Gasteiger charge is -2.12. The van der Waals surface area contributed by atoms with E-state index in [2.05, 4.69) is 28.8 Å². The highest BCUT2D eigenvalue weighted by Gasteiger charge is 2.27. The van der Waals surface area contributed by atoms with Gasteiger partial charge < -0.3 is 5.32 Å². The van der Waals surface area contributed by atoms with E-state index in [9.17, 15) is 4.79 Å². The minimum atomic E-state index is -0.207. The summed E-state index contributed by atoms with van der Waals surface area (Å²) in [6.45, 7) is 1.44. The number of carbonyl (C=O) groups excluding carboxylic acids is 1. The second kappa shape index (κ2) is 7.25. The number of benzene rings is 2. The SMILES string of the molecule is Cl.O=C(NCCc1ccccc1)C1NCc2ccccc21. The third-order valence-electron chi connectivity index (χ3n) is 3.68. The van der Waals surface area contributed by atoms with E-state index in [0.717, 1.165) is 18.5 Å². The molecule has 0 radical (unpaired) electrons. The summed E-state index contributed by atoms with van der Waals surface area (Å²) in [5, 5.41) is 6.27. The molecule has 1 aliphatic heterocycles. The minimum Gasteiger partial charge on any atom is -0.354 e. The Kier molecular flexibility index (Phi) is 5.37. The molecule has 1 aliphatic rings. The maximum absolute atomic E-state index is 12.2. The fourth-order valence-corrected chi connectivity index (χ4v) is 2.61. The first kappa shape index (κ1) is 15.5. The van der Waals surface area contributed by atoms with Crippen molar-refractivity contribution in [2.24, 2.45) is 0 Å². The summed E-state index contributed by atoms with van der Waals surface area (Å²) in [5.41, 5.74) is 3.56. The lowest BCUT2D eigenvalue weighted by atomic mass is 10.0. The van der Waals surface area contributed by atoms with Crippen molar-refractivity contribution < 1.29 is 4.79 Å². The number of rotatable bonds is 4. The molecule has 0 saturated carbocycles. The van der Waals surface area contributed by atoms with Gasteiger partial charge in [0.2, 0.25) is 5.91 Å². The van der Waals surface area contributed by atoms with Crippen molar-refractivity contribution in [1.29, 1.82) is 0 Å². The second-order valence-corrected chi connectivity index (χ2v) is 5.04. The van der Waals surface area contributed by atoms with Crippen LogP contribution in [0.4, 0.5) is 0 Å². The van der Waals surface area contributed by atoms with Crippen LogP contribution in [-0.4, -0.2) is 12.5 Å². The lowest BCUT2D eigenvalue weighted by molar-refractivity contribution is -0.123. The van der Waals surface area contributed by atoms with Crippen molar-refractivity contribution in [2.45, 2.75) is 19.0 Å². The van der Waals surface area contributed by atoms with Gasteiger partial charge >= 0.3 is 0 Å². The van der Waals surface area contributed by atoms with Crippen LogP contribution in [-0.2, 0) is 17.8 Å². The number of amides is 1. The fraction of sp³-hybridized carbons (Fsp3) is 0.235. The maximum Gasteiger partial charge on any atom is 0.241 e. The first-order valence-corrected chi connectivity index (χ1v) is 6.97. The molecule has 4 heteroatoms. The van der Waals surface area contributed by atoms with Gasteiger partial charge in [0, 0.05) is 13.1 Å². The van der Waals surface area contributed by atoms with Crippen molar-refractivity contribution >= 4 is 18.3 Å². The highest BCUT2D eigenvalue weighted by Crippen LogP contribution is 2.24. The number of hydrogen-bond acceptors (Lipinski definition) is 2. The van der Waals surface area contributed by atoms with E-state index >= 15 is 0 Å². The number of fused-ring (bicyclic) bond motifs is 1. The summed E-state index contributed by atoms with van der Waals surface area (Å²) in [4.78, 5) is 12.2. The molecule has 0 aliphatic carbocycles. The quantitative estimate of drug-likeness (QED) is 0.911. The number of halogens is 1. The molecule has 0 fully saturated rings. The summed E-state index contributed by atoms with van der Waals surface area (Å²) >= 11 is 0. The van der Waals surface area contributed by atoms with E-state index in [1.165, 1.54) is 11.1 Å². The molecule has 1 amide bonds. The highest BCUT2D eigenvalue weighted by molar-refractivity contribution is 5.85. The van der Waals surface area contributed by atoms with Gasteiger partial charge in [0.05, 0.1) is 0 Å². The van der Waals surface area contributed by atoms with Gasteiger partial charge in [-0.25, -0.2) is 0 Å². The fourth-order valence-electron chi connectivity index (χ4n) is 2.61. The van der Waals surface area contributed by atoms with Crippen LogP contribution in [0.3, 0.4) is 0 Å². The standard InChI is InChI=1S/C17H18N2O.ClH/c20-17(18-11-10-13-6-2-1-3-7-13)16-15-9-5-4-8-14(15)12-19-16;/h1-9,16,19H,10-12H2,(H,18,20);1H. The summed E-state index contributed by atoms with van der Waals surface area (Å²) in [6.07, 6.45) is 0.862. The number of carbonyl (C=O) groups is 1.